The molecule has 1 fully saturated rings. The Balaban J connectivity index is 1.51. The van der Waals surface area contributed by atoms with E-state index in [4.69, 9.17) is 4.74 Å². The Morgan fingerprint density at radius 2 is 1.79 bits per heavy atom. The highest BCUT2D eigenvalue weighted by Crippen LogP contribution is 2.29. The van der Waals surface area contributed by atoms with Gasteiger partial charge < -0.3 is 10.1 Å². The number of sulfonamides is 1. The van der Waals surface area contributed by atoms with Gasteiger partial charge in [0.2, 0.25) is 10.0 Å². The van der Waals surface area contributed by atoms with Crippen LogP contribution in [0.2, 0.25) is 0 Å². The Morgan fingerprint density at radius 1 is 1.07 bits per heavy atom. The summed E-state index contributed by atoms with van der Waals surface area (Å²) in [6.07, 6.45) is 0. The number of morpholine rings is 1. The minimum Gasteiger partial charge on any atom is -0.379 e. The molecule has 0 aliphatic carbocycles. The van der Waals surface area contributed by atoms with Gasteiger partial charge in [-0.05, 0) is 30.7 Å². The SMILES string of the molecule is Cc1ccccc1Nc1nc(-c2ccc(S(=O)(=O)N3CCOCC3)cc2)cs1. The molecule has 8 heteroatoms. The summed E-state index contributed by atoms with van der Waals surface area (Å²) in [5.74, 6) is 0. The minimum atomic E-state index is -3.48. The Hall–Kier alpha value is -2.26. The van der Waals surface area contributed by atoms with E-state index in [0.717, 1.165) is 27.6 Å². The molecule has 2 aromatic carbocycles. The van der Waals surface area contributed by atoms with E-state index in [0.29, 0.717) is 31.2 Å². The van der Waals surface area contributed by atoms with Crippen molar-refractivity contribution < 1.29 is 13.2 Å². The minimum absolute atomic E-state index is 0.298. The molecule has 28 heavy (non-hydrogen) atoms. The number of ether oxygens (including phenoxy) is 1. The van der Waals surface area contributed by atoms with Crippen LogP contribution in [0.25, 0.3) is 11.3 Å². The summed E-state index contributed by atoms with van der Waals surface area (Å²) in [5, 5.41) is 6.10. The Bertz CT molecular complexity index is 1060. The zero-order chi connectivity index (χ0) is 19.6. The van der Waals surface area contributed by atoms with Gasteiger partial charge in [0.1, 0.15) is 0 Å². The van der Waals surface area contributed by atoms with Crippen LogP contribution in [-0.4, -0.2) is 44.0 Å². The lowest BCUT2D eigenvalue weighted by molar-refractivity contribution is 0.0730. The number of rotatable bonds is 5. The predicted octanol–water partition coefficient (Wildman–Crippen LogP) is 3.88. The second kappa shape index (κ2) is 8.00. The van der Waals surface area contributed by atoms with Crippen molar-refractivity contribution in [3.63, 3.8) is 0 Å². The van der Waals surface area contributed by atoms with Crippen molar-refractivity contribution in [2.45, 2.75) is 11.8 Å². The lowest BCUT2D eigenvalue weighted by Crippen LogP contribution is -2.40. The molecule has 0 unspecified atom stereocenters. The third kappa shape index (κ3) is 3.95. The molecule has 1 aliphatic rings. The van der Waals surface area contributed by atoms with Crippen LogP contribution in [0.5, 0.6) is 0 Å². The molecule has 0 spiro atoms. The molecule has 0 radical (unpaired) electrons. The highest BCUT2D eigenvalue weighted by molar-refractivity contribution is 7.89. The number of hydrogen-bond acceptors (Lipinski definition) is 6. The molecular formula is C20H21N3O3S2. The summed E-state index contributed by atoms with van der Waals surface area (Å²) < 4.78 is 32.2. The van der Waals surface area contributed by atoms with Crippen LogP contribution < -0.4 is 5.32 Å². The number of nitrogens with one attached hydrogen (secondary N) is 1. The van der Waals surface area contributed by atoms with Gasteiger partial charge in [-0.25, -0.2) is 13.4 Å². The fourth-order valence-corrected chi connectivity index (χ4v) is 5.17. The summed E-state index contributed by atoms with van der Waals surface area (Å²) >= 11 is 1.52. The third-order valence-electron chi connectivity index (χ3n) is 4.65. The van der Waals surface area contributed by atoms with E-state index in [-0.39, 0.29) is 0 Å². The first kappa shape index (κ1) is 19.1. The average molecular weight is 416 g/mol. The molecule has 1 N–H and O–H groups in total. The number of benzene rings is 2. The van der Waals surface area contributed by atoms with Crippen LogP contribution in [0, 0.1) is 6.92 Å². The lowest BCUT2D eigenvalue weighted by atomic mass is 10.2. The molecule has 2 heterocycles. The summed E-state index contributed by atoms with van der Waals surface area (Å²) in [4.78, 5) is 4.93. The van der Waals surface area contributed by atoms with Gasteiger partial charge in [0.05, 0.1) is 23.8 Å². The zero-order valence-corrected chi connectivity index (χ0v) is 17.1. The van der Waals surface area contributed by atoms with Crippen molar-refractivity contribution in [2.75, 3.05) is 31.6 Å². The summed E-state index contributed by atoms with van der Waals surface area (Å²) in [7, 11) is -3.48. The number of thiazole rings is 1. The molecule has 0 saturated carbocycles. The fourth-order valence-electron chi connectivity index (χ4n) is 3.03. The lowest BCUT2D eigenvalue weighted by Gasteiger charge is -2.26. The molecule has 4 rings (SSSR count). The monoisotopic (exact) mass is 415 g/mol. The predicted molar refractivity (Wildman–Crippen MR) is 112 cm³/mol. The van der Waals surface area contributed by atoms with Gasteiger partial charge in [0.25, 0.3) is 0 Å². The highest BCUT2D eigenvalue weighted by Gasteiger charge is 2.26. The topological polar surface area (TPSA) is 71.5 Å². The van der Waals surface area contributed by atoms with Crippen LogP contribution in [0.1, 0.15) is 5.56 Å². The number of para-hydroxylation sites is 1. The highest BCUT2D eigenvalue weighted by atomic mass is 32.2. The van der Waals surface area contributed by atoms with Crippen LogP contribution in [0.3, 0.4) is 0 Å². The van der Waals surface area contributed by atoms with Crippen molar-refractivity contribution in [1.29, 1.82) is 0 Å². The second-order valence-corrected chi connectivity index (χ2v) is 9.31. The quantitative estimate of drug-likeness (QED) is 0.685. The van der Waals surface area contributed by atoms with Crippen molar-refractivity contribution in [1.82, 2.24) is 9.29 Å². The van der Waals surface area contributed by atoms with Crippen molar-refractivity contribution >= 4 is 32.2 Å². The average Bonchev–Trinajstić information content (AvgIpc) is 3.19. The van der Waals surface area contributed by atoms with E-state index in [1.54, 1.807) is 24.3 Å². The standard InChI is InChI=1S/C20H21N3O3S2/c1-15-4-2-3-5-18(15)21-20-22-19(14-27-20)16-6-8-17(9-7-16)28(24,25)23-10-12-26-13-11-23/h2-9,14H,10-13H2,1H3,(H,21,22). The molecular weight excluding hydrogens is 394 g/mol. The molecule has 6 nitrogen and oxygen atoms in total. The van der Waals surface area contributed by atoms with Crippen LogP contribution >= 0.6 is 11.3 Å². The van der Waals surface area contributed by atoms with E-state index in [1.807, 2.05) is 36.6 Å². The first-order chi connectivity index (χ1) is 13.5. The molecule has 1 aliphatic heterocycles. The number of aryl methyl sites for hydroxylation is 1. The molecule has 0 bridgehead atoms. The Labute approximate surface area is 168 Å². The summed E-state index contributed by atoms with van der Waals surface area (Å²) in [6, 6.07) is 15.0. The zero-order valence-electron chi connectivity index (χ0n) is 15.5. The number of nitrogens with zero attached hydrogens (tertiary/aromatic N) is 2. The van der Waals surface area contributed by atoms with Gasteiger partial charge in [-0.15, -0.1) is 11.3 Å². The van der Waals surface area contributed by atoms with E-state index < -0.39 is 10.0 Å². The van der Waals surface area contributed by atoms with Gasteiger partial charge in [-0.1, -0.05) is 30.3 Å². The first-order valence-electron chi connectivity index (χ1n) is 9.00. The van der Waals surface area contributed by atoms with Crippen LogP contribution in [0.15, 0.2) is 58.8 Å². The maximum absolute atomic E-state index is 12.7. The second-order valence-electron chi connectivity index (χ2n) is 6.52. The number of anilines is 2. The van der Waals surface area contributed by atoms with Crippen molar-refractivity contribution in [2.24, 2.45) is 0 Å². The Morgan fingerprint density at radius 3 is 2.50 bits per heavy atom. The van der Waals surface area contributed by atoms with Crippen molar-refractivity contribution in [3.8, 4) is 11.3 Å². The van der Waals surface area contributed by atoms with Gasteiger partial charge in [-0.3, -0.25) is 0 Å². The fraction of sp³-hybridized carbons (Fsp3) is 0.250. The van der Waals surface area contributed by atoms with E-state index >= 15 is 0 Å². The van der Waals surface area contributed by atoms with Crippen LogP contribution in [0.4, 0.5) is 10.8 Å². The molecule has 146 valence electrons. The molecule has 0 amide bonds. The summed E-state index contributed by atoms with van der Waals surface area (Å²) in [5.41, 5.74) is 3.87. The first-order valence-corrected chi connectivity index (χ1v) is 11.3. The van der Waals surface area contributed by atoms with Crippen LogP contribution in [-0.2, 0) is 14.8 Å². The molecule has 3 aromatic rings. The van der Waals surface area contributed by atoms with Crippen molar-refractivity contribution in [3.05, 3.63) is 59.5 Å². The van der Waals surface area contributed by atoms with Gasteiger partial charge in [-0.2, -0.15) is 4.31 Å². The van der Waals surface area contributed by atoms with E-state index in [9.17, 15) is 8.42 Å². The molecule has 1 aromatic heterocycles. The summed E-state index contributed by atoms with van der Waals surface area (Å²) in [6.45, 7) is 3.71. The van der Waals surface area contributed by atoms with Gasteiger partial charge >= 0.3 is 0 Å². The van der Waals surface area contributed by atoms with Gasteiger partial charge in [0, 0.05) is 29.7 Å². The maximum atomic E-state index is 12.7. The number of aromatic nitrogens is 1. The normalized spacial score (nSPS) is 15.5. The van der Waals surface area contributed by atoms with E-state index in [2.05, 4.69) is 10.3 Å². The third-order valence-corrected chi connectivity index (χ3v) is 7.32. The van der Waals surface area contributed by atoms with E-state index in [1.165, 1.54) is 15.6 Å². The molecule has 0 atom stereocenters. The Kier molecular flexibility index (Phi) is 5.45. The maximum Gasteiger partial charge on any atom is 0.243 e. The molecule has 1 saturated heterocycles. The number of hydrogen-bond donors (Lipinski definition) is 1. The van der Waals surface area contributed by atoms with Gasteiger partial charge in [0.15, 0.2) is 5.13 Å². The smallest absolute Gasteiger partial charge is 0.243 e. The largest absolute Gasteiger partial charge is 0.379 e.